The predicted octanol–water partition coefficient (Wildman–Crippen LogP) is 5.32. The first-order chi connectivity index (χ1) is 21.0. The van der Waals surface area contributed by atoms with E-state index >= 15 is 0 Å². The molecule has 6 rings (SSSR count). The molecule has 1 heterocycles. The SMILES string of the molecule is Cn1c(=O)c(C(=O)c2ccccc2)c2c3c(c(Nc4ccc(S(=O)(=O)O)c(CC(=O)CCl)c4)ccc31)C(=O)c1ccccc1-2. The van der Waals surface area contributed by atoms with Gasteiger partial charge in [0.2, 0.25) is 0 Å². The molecule has 0 aliphatic heterocycles. The lowest BCUT2D eigenvalue weighted by atomic mass is 9.80. The molecule has 9 nitrogen and oxygen atoms in total. The minimum Gasteiger partial charge on any atom is -0.355 e. The maximum absolute atomic E-state index is 14.1. The van der Waals surface area contributed by atoms with Gasteiger partial charge in [0.05, 0.1) is 33.1 Å². The summed E-state index contributed by atoms with van der Waals surface area (Å²) >= 11 is 5.65. The summed E-state index contributed by atoms with van der Waals surface area (Å²) in [5.41, 5.74) is 2.19. The normalized spacial score (nSPS) is 12.2. The summed E-state index contributed by atoms with van der Waals surface area (Å²) in [5, 5.41) is 3.56. The third-order valence-corrected chi connectivity index (χ3v) is 8.90. The van der Waals surface area contributed by atoms with Gasteiger partial charge in [-0.2, -0.15) is 8.42 Å². The fraction of sp³-hybridized carbons (Fsp3) is 0.0909. The molecular weight excluding hydrogens is 604 g/mol. The molecule has 1 aliphatic carbocycles. The van der Waals surface area contributed by atoms with E-state index in [-0.39, 0.29) is 34.8 Å². The van der Waals surface area contributed by atoms with Crippen LogP contribution < -0.4 is 10.9 Å². The maximum Gasteiger partial charge on any atom is 0.294 e. The van der Waals surface area contributed by atoms with Gasteiger partial charge in [0.25, 0.3) is 15.7 Å². The number of nitrogens with one attached hydrogen (secondary N) is 1. The van der Waals surface area contributed by atoms with Gasteiger partial charge in [-0.3, -0.25) is 23.7 Å². The van der Waals surface area contributed by atoms with Crippen molar-refractivity contribution >= 4 is 61.3 Å². The Kier molecular flexibility index (Phi) is 7.28. The Hall–Kier alpha value is -4.90. The molecule has 0 unspecified atom stereocenters. The summed E-state index contributed by atoms with van der Waals surface area (Å²) < 4.78 is 35.0. The summed E-state index contributed by atoms with van der Waals surface area (Å²) in [7, 11) is -3.10. The van der Waals surface area contributed by atoms with Crippen molar-refractivity contribution in [1.29, 1.82) is 0 Å². The van der Waals surface area contributed by atoms with Crippen molar-refractivity contribution in [3.05, 3.63) is 123 Å². The zero-order valence-electron chi connectivity index (χ0n) is 23.1. The van der Waals surface area contributed by atoms with Crippen LogP contribution in [0.25, 0.3) is 22.0 Å². The smallest absolute Gasteiger partial charge is 0.294 e. The Labute approximate surface area is 256 Å². The second kappa shape index (κ2) is 11.0. The van der Waals surface area contributed by atoms with E-state index in [0.29, 0.717) is 44.5 Å². The highest BCUT2D eigenvalue weighted by Crippen LogP contribution is 2.44. The fourth-order valence-electron chi connectivity index (χ4n) is 5.68. The van der Waals surface area contributed by atoms with Crippen LogP contribution >= 0.6 is 11.6 Å². The van der Waals surface area contributed by atoms with E-state index in [1.807, 2.05) is 0 Å². The Morgan fingerprint density at radius 2 is 1.57 bits per heavy atom. The lowest BCUT2D eigenvalue weighted by molar-refractivity contribution is -0.116. The van der Waals surface area contributed by atoms with Crippen LogP contribution in [0.1, 0.15) is 37.4 Å². The summed E-state index contributed by atoms with van der Waals surface area (Å²) in [5.74, 6) is -1.63. The van der Waals surface area contributed by atoms with Gasteiger partial charge in [0, 0.05) is 41.2 Å². The second-order valence-electron chi connectivity index (χ2n) is 10.3. The van der Waals surface area contributed by atoms with Crippen molar-refractivity contribution < 1.29 is 27.4 Å². The number of pyridine rings is 1. The van der Waals surface area contributed by atoms with Crippen LogP contribution in [-0.2, 0) is 28.4 Å². The molecule has 220 valence electrons. The summed E-state index contributed by atoms with van der Waals surface area (Å²) in [6, 6.07) is 22.4. The van der Waals surface area contributed by atoms with Crippen molar-refractivity contribution in [2.24, 2.45) is 7.05 Å². The molecule has 1 aliphatic rings. The average Bonchev–Trinajstić information content (AvgIpc) is 3.01. The Morgan fingerprint density at radius 1 is 0.886 bits per heavy atom. The average molecular weight is 627 g/mol. The minimum absolute atomic E-state index is 0.0214. The number of aryl methyl sites for hydroxylation is 1. The van der Waals surface area contributed by atoms with Crippen molar-refractivity contribution in [3.63, 3.8) is 0 Å². The van der Waals surface area contributed by atoms with Crippen molar-refractivity contribution in [1.82, 2.24) is 4.57 Å². The van der Waals surface area contributed by atoms with Crippen LogP contribution in [0.5, 0.6) is 0 Å². The number of fused-ring (bicyclic) bond motifs is 2. The molecular formula is C33H23ClN2O7S. The molecule has 1 aromatic heterocycles. The number of carbonyl (C=O) groups excluding carboxylic acids is 3. The highest BCUT2D eigenvalue weighted by atomic mass is 35.5. The molecule has 0 saturated carbocycles. The number of alkyl halides is 1. The number of nitrogens with zero attached hydrogens (tertiary/aromatic N) is 1. The quantitative estimate of drug-likeness (QED) is 0.131. The number of aromatic nitrogens is 1. The van der Waals surface area contributed by atoms with E-state index in [1.165, 1.54) is 16.7 Å². The zero-order valence-corrected chi connectivity index (χ0v) is 24.7. The molecule has 0 bridgehead atoms. The van der Waals surface area contributed by atoms with E-state index in [4.69, 9.17) is 11.6 Å². The van der Waals surface area contributed by atoms with Gasteiger partial charge in [-0.05, 0) is 41.5 Å². The number of rotatable bonds is 8. The van der Waals surface area contributed by atoms with E-state index in [0.717, 1.165) is 6.07 Å². The Balaban J connectivity index is 1.62. The van der Waals surface area contributed by atoms with Crippen LogP contribution in [0, 0.1) is 0 Å². The molecule has 5 aromatic rings. The van der Waals surface area contributed by atoms with Crippen molar-refractivity contribution in [2.45, 2.75) is 11.3 Å². The van der Waals surface area contributed by atoms with Crippen LogP contribution in [0.3, 0.4) is 0 Å². The van der Waals surface area contributed by atoms with Gasteiger partial charge >= 0.3 is 0 Å². The van der Waals surface area contributed by atoms with Crippen LogP contribution in [-0.4, -0.2) is 40.8 Å². The van der Waals surface area contributed by atoms with Crippen molar-refractivity contribution in [3.8, 4) is 11.1 Å². The number of Topliss-reactive ketones (excluding diaryl/α,β-unsaturated/α-hetero) is 1. The predicted molar refractivity (Wildman–Crippen MR) is 167 cm³/mol. The van der Waals surface area contributed by atoms with Gasteiger partial charge < -0.3 is 9.88 Å². The first kappa shape index (κ1) is 29.2. The van der Waals surface area contributed by atoms with Gasteiger partial charge in [-0.15, -0.1) is 11.6 Å². The number of halogens is 1. The summed E-state index contributed by atoms with van der Waals surface area (Å²) in [6.45, 7) is 0. The monoisotopic (exact) mass is 626 g/mol. The molecule has 4 aromatic carbocycles. The van der Waals surface area contributed by atoms with E-state index in [2.05, 4.69) is 5.32 Å². The number of ketones is 3. The lowest BCUT2D eigenvalue weighted by Crippen LogP contribution is -2.29. The van der Waals surface area contributed by atoms with E-state index in [1.54, 1.807) is 73.8 Å². The third-order valence-electron chi connectivity index (χ3n) is 7.65. The summed E-state index contributed by atoms with van der Waals surface area (Å²) in [4.78, 5) is 53.4. The lowest BCUT2D eigenvalue weighted by Gasteiger charge is -2.25. The second-order valence-corrected chi connectivity index (χ2v) is 12.0. The zero-order chi connectivity index (χ0) is 31.3. The van der Waals surface area contributed by atoms with E-state index in [9.17, 15) is 32.1 Å². The van der Waals surface area contributed by atoms with E-state index < -0.39 is 32.1 Å². The fourth-order valence-corrected chi connectivity index (χ4v) is 6.48. The molecule has 0 spiro atoms. The number of anilines is 2. The Morgan fingerprint density at radius 3 is 2.25 bits per heavy atom. The molecule has 44 heavy (non-hydrogen) atoms. The Bertz CT molecular complexity index is 2230. The van der Waals surface area contributed by atoms with Crippen LogP contribution in [0.15, 0.2) is 94.6 Å². The third kappa shape index (κ3) is 4.83. The van der Waals surface area contributed by atoms with Crippen molar-refractivity contribution in [2.75, 3.05) is 11.2 Å². The molecule has 11 heteroatoms. The largest absolute Gasteiger partial charge is 0.355 e. The molecule has 0 amide bonds. The molecule has 0 fully saturated rings. The first-order valence-corrected chi connectivity index (χ1v) is 15.4. The van der Waals surface area contributed by atoms with Gasteiger partial charge in [0.1, 0.15) is 0 Å². The first-order valence-electron chi connectivity index (χ1n) is 13.4. The van der Waals surface area contributed by atoms with Crippen LogP contribution in [0.2, 0.25) is 0 Å². The number of carbonyl (C=O) groups is 3. The van der Waals surface area contributed by atoms with Crippen LogP contribution in [0.4, 0.5) is 11.4 Å². The topological polar surface area (TPSA) is 140 Å². The maximum atomic E-state index is 14.1. The summed E-state index contributed by atoms with van der Waals surface area (Å²) in [6.07, 6.45) is -0.345. The van der Waals surface area contributed by atoms with Gasteiger partial charge in [0.15, 0.2) is 17.3 Å². The number of hydrogen-bond donors (Lipinski definition) is 2. The number of benzene rings is 4. The van der Waals surface area contributed by atoms with Gasteiger partial charge in [-0.25, -0.2) is 0 Å². The van der Waals surface area contributed by atoms with Gasteiger partial charge in [-0.1, -0.05) is 54.6 Å². The minimum atomic E-state index is -4.64. The molecule has 0 radical (unpaired) electrons. The highest BCUT2D eigenvalue weighted by Gasteiger charge is 2.34. The molecule has 0 atom stereocenters. The molecule has 0 saturated heterocycles. The number of hydrogen-bond acceptors (Lipinski definition) is 7. The highest BCUT2D eigenvalue weighted by molar-refractivity contribution is 7.85. The molecule has 2 N–H and O–H groups in total. The standard InChI is InChI=1S/C33H23ClN2O7S/c1-36-25-13-12-24(35-20-11-14-26(44(41,42)43)19(15-20)16-21(37)17-34)28-29(25)27(22-9-5-6-10-23(22)32(28)39)30(33(36)40)31(38)18-7-3-2-4-8-18/h2-15,35H,16-17H2,1H3,(H,41,42,43).